The second kappa shape index (κ2) is 5.91. The normalized spacial score (nSPS) is 14.4. The van der Waals surface area contributed by atoms with Gasteiger partial charge in [-0.05, 0) is 31.0 Å². The second-order valence-electron chi connectivity index (χ2n) is 5.26. The van der Waals surface area contributed by atoms with Gasteiger partial charge in [-0.3, -0.25) is 10.3 Å². The Morgan fingerprint density at radius 3 is 2.52 bits per heavy atom. The Hall–Kier alpha value is -2.57. The minimum absolute atomic E-state index is 0.0412. The zero-order chi connectivity index (χ0) is 16.4. The van der Waals surface area contributed by atoms with Crippen LogP contribution in [0.5, 0.6) is 5.75 Å². The van der Waals surface area contributed by atoms with Crippen molar-refractivity contribution in [1.82, 2.24) is 4.98 Å². The van der Waals surface area contributed by atoms with Crippen molar-refractivity contribution >= 4 is 11.8 Å². The molecule has 0 aliphatic heterocycles. The number of benzene rings is 1. The maximum atomic E-state index is 13.1. The summed E-state index contributed by atoms with van der Waals surface area (Å²) in [6.45, 7) is 0. The standard InChI is InChI=1S/C16H13F3N2O2/c17-16(18,19)13-8-11(9-20-14(13)10-6-7-10)21-15(22)23-12-4-2-1-3-5-12/h1-5,8-10H,6-7H2,(H,21,22). The maximum absolute atomic E-state index is 13.1. The van der Waals surface area contributed by atoms with E-state index in [0.29, 0.717) is 18.6 Å². The van der Waals surface area contributed by atoms with Gasteiger partial charge in [-0.2, -0.15) is 13.2 Å². The monoisotopic (exact) mass is 322 g/mol. The summed E-state index contributed by atoms with van der Waals surface area (Å²) in [6.07, 6.45) is -2.75. The molecule has 4 nitrogen and oxygen atoms in total. The van der Waals surface area contributed by atoms with E-state index < -0.39 is 17.8 Å². The molecular weight excluding hydrogens is 309 g/mol. The highest BCUT2D eigenvalue weighted by Crippen LogP contribution is 2.45. The van der Waals surface area contributed by atoms with E-state index in [1.807, 2.05) is 0 Å². The Balaban J connectivity index is 1.76. The summed E-state index contributed by atoms with van der Waals surface area (Å²) in [6, 6.07) is 9.13. The molecule has 0 saturated heterocycles. The quantitative estimate of drug-likeness (QED) is 0.899. The van der Waals surface area contributed by atoms with E-state index >= 15 is 0 Å². The molecule has 0 bridgehead atoms. The van der Waals surface area contributed by atoms with Gasteiger partial charge in [0.2, 0.25) is 0 Å². The molecule has 1 aliphatic carbocycles. The van der Waals surface area contributed by atoms with Gasteiger partial charge in [0.15, 0.2) is 0 Å². The molecule has 120 valence electrons. The smallest absolute Gasteiger partial charge is 0.410 e. The largest absolute Gasteiger partial charge is 0.418 e. The maximum Gasteiger partial charge on any atom is 0.418 e. The van der Waals surface area contributed by atoms with Crippen LogP contribution in [-0.4, -0.2) is 11.1 Å². The van der Waals surface area contributed by atoms with Crippen molar-refractivity contribution in [1.29, 1.82) is 0 Å². The van der Waals surface area contributed by atoms with E-state index in [1.165, 1.54) is 6.20 Å². The molecule has 2 aromatic rings. The zero-order valence-corrected chi connectivity index (χ0v) is 11.9. The van der Waals surface area contributed by atoms with Crippen LogP contribution in [0.4, 0.5) is 23.7 Å². The fourth-order valence-electron chi connectivity index (χ4n) is 2.19. The molecule has 3 rings (SSSR count). The second-order valence-corrected chi connectivity index (χ2v) is 5.26. The van der Waals surface area contributed by atoms with Crippen molar-refractivity contribution in [2.45, 2.75) is 24.9 Å². The lowest BCUT2D eigenvalue weighted by molar-refractivity contribution is -0.138. The first-order valence-electron chi connectivity index (χ1n) is 7.04. The Kier molecular flexibility index (Phi) is 3.94. The number of halogens is 3. The lowest BCUT2D eigenvalue weighted by Crippen LogP contribution is -2.18. The van der Waals surface area contributed by atoms with Crippen molar-refractivity contribution in [3.8, 4) is 5.75 Å². The molecule has 1 heterocycles. The van der Waals surface area contributed by atoms with E-state index in [4.69, 9.17) is 4.74 Å². The van der Waals surface area contributed by atoms with Crippen molar-refractivity contribution in [3.05, 3.63) is 53.9 Å². The third-order valence-electron chi connectivity index (χ3n) is 3.39. The summed E-state index contributed by atoms with van der Waals surface area (Å²) in [5, 5.41) is 2.27. The van der Waals surface area contributed by atoms with Crippen molar-refractivity contribution in [2.24, 2.45) is 0 Å². The number of pyridine rings is 1. The molecule has 1 aliphatic rings. The Bertz CT molecular complexity index is 713. The first-order valence-corrected chi connectivity index (χ1v) is 7.04. The lowest BCUT2D eigenvalue weighted by Gasteiger charge is -2.13. The minimum Gasteiger partial charge on any atom is -0.410 e. The lowest BCUT2D eigenvalue weighted by atomic mass is 10.1. The van der Waals surface area contributed by atoms with Gasteiger partial charge in [0, 0.05) is 5.92 Å². The predicted octanol–water partition coefficient (Wildman–Crippen LogP) is 4.59. The van der Waals surface area contributed by atoms with Crippen LogP contribution in [-0.2, 0) is 6.18 Å². The Morgan fingerprint density at radius 1 is 1.22 bits per heavy atom. The van der Waals surface area contributed by atoms with Gasteiger partial charge in [-0.1, -0.05) is 18.2 Å². The summed E-state index contributed by atoms with van der Waals surface area (Å²) in [5.41, 5.74) is -0.820. The average Bonchev–Trinajstić information content (AvgIpc) is 3.32. The number of hydrogen-bond acceptors (Lipinski definition) is 3. The molecular formula is C16H13F3N2O2. The number of amides is 1. The first kappa shape index (κ1) is 15.3. The van der Waals surface area contributed by atoms with Crippen LogP contribution in [0.1, 0.15) is 30.0 Å². The van der Waals surface area contributed by atoms with Gasteiger partial charge in [0.1, 0.15) is 5.75 Å². The molecule has 0 radical (unpaired) electrons. The number of nitrogens with zero attached hydrogens (tertiary/aromatic N) is 1. The summed E-state index contributed by atoms with van der Waals surface area (Å²) in [5.74, 6) is 0.153. The van der Waals surface area contributed by atoms with Crippen molar-refractivity contribution in [3.63, 3.8) is 0 Å². The summed E-state index contributed by atoms with van der Waals surface area (Å²) >= 11 is 0. The van der Waals surface area contributed by atoms with Crippen LogP contribution in [0.15, 0.2) is 42.6 Å². The van der Waals surface area contributed by atoms with Crippen molar-refractivity contribution in [2.75, 3.05) is 5.32 Å². The number of carbonyl (C=O) groups is 1. The molecule has 0 atom stereocenters. The van der Waals surface area contributed by atoms with E-state index in [1.54, 1.807) is 30.3 Å². The molecule has 1 amide bonds. The molecule has 7 heteroatoms. The summed E-state index contributed by atoms with van der Waals surface area (Å²) < 4.78 is 44.3. The van der Waals surface area contributed by atoms with Crippen LogP contribution in [0.25, 0.3) is 0 Å². The van der Waals surface area contributed by atoms with Crippen LogP contribution in [0, 0.1) is 0 Å². The molecule has 1 saturated carbocycles. The Morgan fingerprint density at radius 2 is 1.91 bits per heavy atom. The van der Waals surface area contributed by atoms with E-state index in [-0.39, 0.29) is 17.3 Å². The molecule has 0 spiro atoms. The number of aromatic nitrogens is 1. The number of rotatable bonds is 3. The number of ether oxygens (including phenoxy) is 1. The van der Waals surface area contributed by atoms with Gasteiger partial charge in [-0.15, -0.1) is 0 Å². The zero-order valence-electron chi connectivity index (χ0n) is 11.9. The highest BCUT2D eigenvalue weighted by atomic mass is 19.4. The molecule has 1 fully saturated rings. The van der Waals surface area contributed by atoms with Crippen LogP contribution in [0.2, 0.25) is 0 Å². The number of carbonyl (C=O) groups excluding carboxylic acids is 1. The average molecular weight is 322 g/mol. The van der Waals surface area contributed by atoms with Crippen LogP contribution < -0.4 is 10.1 Å². The highest BCUT2D eigenvalue weighted by molar-refractivity contribution is 5.86. The number of hydrogen-bond donors (Lipinski definition) is 1. The third-order valence-corrected chi connectivity index (χ3v) is 3.39. The van der Waals surface area contributed by atoms with Crippen LogP contribution >= 0.6 is 0 Å². The Labute approximate surface area is 130 Å². The number of nitrogens with one attached hydrogen (secondary N) is 1. The van der Waals surface area contributed by atoms with E-state index in [0.717, 1.165) is 6.07 Å². The van der Waals surface area contributed by atoms with Crippen molar-refractivity contribution < 1.29 is 22.7 Å². The topological polar surface area (TPSA) is 51.2 Å². The fourth-order valence-corrected chi connectivity index (χ4v) is 2.19. The van der Waals surface area contributed by atoms with E-state index in [2.05, 4.69) is 10.3 Å². The molecule has 23 heavy (non-hydrogen) atoms. The van der Waals surface area contributed by atoms with Gasteiger partial charge >= 0.3 is 12.3 Å². The number of para-hydroxylation sites is 1. The van der Waals surface area contributed by atoms with E-state index in [9.17, 15) is 18.0 Å². The third kappa shape index (κ3) is 3.80. The SMILES string of the molecule is O=C(Nc1cnc(C2CC2)c(C(F)(F)F)c1)Oc1ccccc1. The van der Waals surface area contributed by atoms with Crippen LogP contribution in [0.3, 0.4) is 0 Å². The first-order chi connectivity index (χ1) is 10.9. The molecule has 1 aromatic heterocycles. The van der Waals surface area contributed by atoms with Gasteiger partial charge in [-0.25, -0.2) is 4.79 Å². The molecule has 1 aromatic carbocycles. The fraction of sp³-hybridized carbons (Fsp3) is 0.250. The van der Waals surface area contributed by atoms with Gasteiger partial charge < -0.3 is 4.74 Å². The molecule has 1 N–H and O–H groups in total. The number of alkyl halides is 3. The number of anilines is 1. The van der Waals surface area contributed by atoms with Gasteiger partial charge in [0.25, 0.3) is 0 Å². The summed E-state index contributed by atoms with van der Waals surface area (Å²) in [7, 11) is 0. The summed E-state index contributed by atoms with van der Waals surface area (Å²) in [4.78, 5) is 15.6. The molecule has 0 unspecified atom stereocenters. The van der Waals surface area contributed by atoms with Gasteiger partial charge in [0.05, 0.1) is 23.1 Å². The highest BCUT2D eigenvalue weighted by Gasteiger charge is 2.39. The minimum atomic E-state index is -4.51. The predicted molar refractivity (Wildman–Crippen MR) is 77.3 cm³/mol.